The van der Waals surface area contributed by atoms with E-state index in [2.05, 4.69) is 46.8 Å². The molecule has 0 aliphatic carbocycles. The van der Waals surface area contributed by atoms with Gasteiger partial charge in [0.05, 0.1) is 40.5 Å². The predicted octanol–water partition coefficient (Wildman–Crippen LogP) is 4.95. The maximum Gasteiger partial charge on any atom is 0.224 e. The van der Waals surface area contributed by atoms with Gasteiger partial charge < -0.3 is 15.6 Å². The molecule has 4 N–H and O–H groups in total. The Labute approximate surface area is 229 Å². The molecule has 1 saturated heterocycles. The lowest BCUT2D eigenvalue weighted by molar-refractivity contribution is -0.117. The molecule has 0 bridgehead atoms. The zero-order valence-corrected chi connectivity index (χ0v) is 21.7. The number of fused-ring (bicyclic) bond motifs is 2. The van der Waals surface area contributed by atoms with E-state index in [9.17, 15) is 4.79 Å². The highest BCUT2D eigenvalue weighted by Crippen LogP contribution is 2.33. The van der Waals surface area contributed by atoms with Crippen molar-refractivity contribution in [2.45, 2.75) is 19.3 Å². The summed E-state index contributed by atoms with van der Waals surface area (Å²) in [5.74, 6) is 0.438. The van der Waals surface area contributed by atoms with Gasteiger partial charge in [0.15, 0.2) is 0 Å². The number of aromatic nitrogens is 7. The smallest absolute Gasteiger partial charge is 0.224 e. The number of pyridine rings is 4. The Morgan fingerprint density at radius 3 is 2.62 bits per heavy atom. The highest BCUT2D eigenvalue weighted by Gasteiger charge is 2.18. The van der Waals surface area contributed by atoms with Crippen LogP contribution in [0.1, 0.15) is 19.3 Å². The second-order valence-corrected chi connectivity index (χ2v) is 10.1. The van der Waals surface area contributed by atoms with Crippen LogP contribution in [-0.4, -0.2) is 54.1 Å². The molecule has 10 nitrogen and oxygen atoms in total. The van der Waals surface area contributed by atoms with Crippen molar-refractivity contribution in [2.24, 2.45) is 5.92 Å². The van der Waals surface area contributed by atoms with E-state index in [4.69, 9.17) is 4.98 Å². The molecule has 0 radical (unpaired) electrons. The number of hydrogen-bond donors (Lipinski definition) is 4. The molecule has 1 fully saturated rings. The summed E-state index contributed by atoms with van der Waals surface area (Å²) in [5, 5.41) is 15.1. The van der Waals surface area contributed by atoms with Crippen LogP contribution >= 0.6 is 0 Å². The van der Waals surface area contributed by atoms with Gasteiger partial charge in [-0.15, -0.1) is 0 Å². The van der Waals surface area contributed by atoms with Gasteiger partial charge in [0.2, 0.25) is 5.91 Å². The second kappa shape index (κ2) is 10.3. The third kappa shape index (κ3) is 4.69. The largest absolute Gasteiger partial charge is 0.352 e. The Bertz CT molecular complexity index is 1820. The van der Waals surface area contributed by atoms with Gasteiger partial charge in [0.25, 0.3) is 0 Å². The normalized spacial score (nSPS) is 14.1. The molecular weight excluding hydrogens is 502 g/mol. The van der Waals surface area contributed by atoms with Crippen LogP contribution in [0, 0.1) is 5.92 Å². The number of nitrogens with one attached hydrogen (secondary N) is 4. The number of rotatable bonds is 6. The summed E-state index contributed by atoms with van der Waals surface area (Å²) in [5.41, 5.74) is 8.31. The number of hydrogen-bond acceptors (Lipinski definition) is 7. The first-order chi connectivity index (χ1) is 19.7. The summed E-state index contributed by atoms with van der Waals surface area (Å²) in [6.45, 7) is 1.95. The molecule has 1 aliphatic heterocycles. The average Bonchev–Trinajstić information content (AvgIpc) is 3.62. The molecule has 0 unspecified atom stereocenters. The van der Waals surface area contributed by atoms with E-state index >= 15 is 0 Å². The minimum absolute atomic E-state index is 0.0193. The highest BCUT2D eigenvalue weighted by molar-refractivity contribution is 6.00. The number of anilines is 1. The van der Waals surface area contributed by atoms with Crippen LogP contribution in [0.4, 0.5) is 5.69 Å². The molecule has 6 aromatic heterocycles. The quantitative estimate of drug-likeness (QED) is 0.239. The van der Waals surface area contributed by atoms with Crippen molar-refractivity contribution in [3.8, 4) is 33.8 Å². The first-order valence-electron chi connectivity index (χ1n) is 13.4. The monoisotopic (exact) mass is 529 g/mol. The van der Waals surface area contributed by atoms with Gasteiger partial charge in [-0.05, 0) is 73.8 Å². The fourth-order valence-electron chi connectivity index (χ4n) is 5.40. The van der Waals surface area contributed by atoms with Crippen molar-refractivity contribution in [1.29, 1.82) is 0 Å². The van der Waals surface area contributed by atoms with Gasteiger partial charge in [-0.1, -0.05) is 0 Å². The Kier molecular flexibility index (Phi) is 6.21. The molecule has 198 valence electrons. The van der Waals surface area contributed by atoms with Crippen LogP contribution in [0.3, 0.4) is 0 Å². The number of nitrogens with zero attached hydrogens (tertiary/aromatic N) is 5. The Morgan fingerprint density at radius 2 is 1.75 bits per heavy atom. The predicted molar refractivity (Wildman–Crippen MR) is 154 cm³/mol. The molecule has 0 atom stereocenters. The van der Waals surface area contributed by atoms with Gasteiger partial charge in [0.1, 0.15) is 11.2 Å². The third-order valence-corrected chi connectivity index (χ3v) is 7.45. The van der Waals surface area contributed by atoms with Gasteiger partial charge in [-0.3, -0.25) is 24.8 Å². The minimum Gasteiger partial charge on any atom is -0.352 e. The highest BCUT2D eigenvalue weighted by atomic mass is 16.1. The zero-order chi connectivity index (χ0) is 26.9. The summed E-state index contributed by atoms with van der Waals surface area (Å²) in [6.07, 6.45) is 13.2. The molecule has 6 aromatic rings. The number of carbonyl (C=O) groups is 1. The van der Waals surface area contributed by atoms with Crippen molar-refractivity contribution in [1.82, 2.24) is 40.4 Å². The molecular formula is C30H27N9O. The molecule has 0 spiro atoms. The van der Waals surface area contributed by atoms with Gasteiger partial charge in [-0.25, -0.2) is 4.98 Å². The van der Waals surface area contributed by atoms with Gasteiger partial charge in [0, 0.05) is 47.7 Å². The van der Waals surface area contributed by atoms with Gasteiger partial charge in [-0.2, -0.15) is 5.10 Å². The molecule has 1 amide bonds. The first-order valence-corrected chi connectivity index (χ1v) is 13.4. The molecule has 1 aliphatic rings. The number of carbonyl (C=O) groups excluding carboxylic acids is 1. The van der Waals surface area contributed by atoms with Crippen molar-refractivity contribution in [3.63, 3.8) is 0 Å². The summed E-state index contributed by atoms with van der Waals surface area (Å²) >= 11 is 0. The number of aromatic amines is 2. The number of piperidine rings is 1. The number of H-pyrrole nitrogens is 2. The second-order valence-electron chi connectivity index (χ2n) is 10.1. The first kappa shape index (κ1) is 24.1. The van der Waals surface area contributed by atoms with E-state index in [0.717, 1.165) is 75.9 Å². The summed E-state index contributed by atoms with van der Waals surface area (Å²) in [7, 11) is 0. The minimum atomic E-state index is 0.0193. The van der Waals surface area contributed by atoms with E-state index < -0.39 is 0 Å². The molecule has 7 heterocycles. The SMILES string of the molecule is O=C(CC1CCNCC1)Nc1cncc(-c2ccc3[nH]nc(-c4cc5c(-c6ccncc6)cncc5[nH]4)c3n2)c1. The standard InChI is InChI=1S/C30H27N9O/c40-28(11-18-3-7-31-8-4-18)35-21-12-20(14-33-15-21)24-1-2-25-29(37-24)30(39-38-25)26-13-22-23(16-34-17-27(22)36-26)19-5-9-32-10-6-19/h1-2,5-6,9-10,12-18,31,36H,3-4,7-8,11H2,(H,35,40)(H,38,39). The van der Waals surface area contributed by atoms with Crippen molar-refractivity contribution in [3.05, 3.63) is 73.6 Å². The van der Waals surface area contributed by atoms with Crippen molar-refractivity contribution in [2.75, 3.05) is 18.4 Å². The van der Waals surface area contributed by atoms with Crippen molar-refractivity contribution < 1.29 is 4.79 Å². The van der Waals surface area contributed by atoms with Crippen LogP contribution in [0.2, 0.25) is 0 Å². The topological polar surface area (TPSA) is 137 Å². The summed E-state index contributed by atoms with van der Waals surface area (Å²) < 4.78 is 0. The van der Waals surface area contributed by atoms with E-state index in [1.54, 1.807) is 24.8 Å². The fraction of sp³-hybridized carbons (Fsp3) is 0.200. The molecule has 0 saturated carbocycles. The molecule has 0 aromatic carbocycles. The maximum absolute atomic E-state index is 12.7. The van der Waals surface area contributed by atoms with E-state index in [0.29, 0.717) is 23.7 Å². The average molecular weight is 530 g/mol. The van der Waals surface area contributed by atoms with Crippen molar-refractivity contribution >= 4 is 33.5 Å². The lowest BCUT2D eigenvalue weighted by atomic mass is 9.94. The Balaban J connectivity index is 1.19. The van der Waals surface area contributed by atoms with Crippen LogP contribution in [0.25, 0.3) is 55.7 Å². The van der Waals surface area contributed by atoms with Crippen LogP contribution in [0.15, 0.2) is 73.6 Å². The zero-order valence-electron chi connectivity index (χ0n) is 21.7. The Hall–Kier alpha value is -4.96. The lowest BCUT2D eigenvalue weighted by Crippen LogP contribution is -2.30. The van der Waals surface area contributed by atoms with E-state index in [1.807, 2.05) is 42.7 Å². The van der Waals surface area contributed by atoms with Crippen LogP contribution in [-0.2, 0) is 4.79 Å². The molecule has 40 heavy (non-hydrogen) atoms. The van der Waals surface area contributed by atoms with Crippen LogP contribution < -0.4 is 10.6 Å². The fourth-order valence-corrected chi connectivity index (χ4v) is 5.40. The van der Waals surface area contributed by atoms with Crippen LogP contribution in [0.5, 0.6) is 0 Å². The number of amides is 1. The summed E-state index contributed by atoms with van der Waals surface area (Å²) in [6, 6.07) is 11.8. The lowest BCUT2D eigenvalue weighted by Gasteiger charge is -2.21. The molecule has 10 heteroatoms. The van der Waals surface area contributed by atoms with E-state index in [-0.39, 0.29) is 5.91 Å². The summed E-state index contributed by atoms with van der Waals surface area (Å²) in [4.78, 5) is 34.0. The van der Waals surface area contributed by atoms with Gasteiger partial charge >= 0.3 is 0 Å². The molecule has 7 rings (SSSR count). The Morgan fingerprint density at radius 1 is 0.900 bits per heavy atom. The maximum atomic E-state index is 12.7. The third-order valence-electron chi connectivity index (χ3n) is 7.45. The van der Waals surface area contributed by atoms with E-state index in [1.165, 1.54) is 0 Å².